The summed E-state index contributed by atoms with van der Waals surface area (Å²) in [5.74, 6) is 0.502. The molecule has 1 saturated heterocycles. The van der Waals surface area contributed by atoms with Gasteiger partial charge in [-0.2, -0.15) is 5.10 Å². The summed E-state index contributed by atoms with van der Waals surface area (Å²) in [6.45, 7) is 1.37. The number of carbonyl (C=O) groups excluding carboxylic acids is 1. The van der Waals surface area contributed by atoms with Gasteiger partial charge in [-0.25, -0.2) is 18.9 Å². The van der Waals surface area contributed by atoms with Crippen molar-refractivity contribution in [3.8, 4) is 16.8 Å². The quantitative estimate of drug-likeness (QED) is 0.592. The van der Waals surface area contributed by atoms with Gasteiger partial charge in [0.1, 0.15) is 11.6 Å². The highest BCUT2D eigenvalue weighted by Crippen LogP contribution is 2.34. The summed E-state index contributed by atoms with van der Waals surface area (Å²) >= 11 is 12.2. The van der Waals surface area contributed by atoms with E-state index in [4.69, 9.17) is 23.2 Å². The number of aromatic amines is 1. The van der Waals surface area contributed by atoms with Gasteiger partial charge >= 0.3 is 5.69 Å². The van der Waals surface area contributed by atoms with Crippen LogP contribution in [-0.2, 0) is 11.2 Å². The average Bonchev–Trinajstić information content (AvgIpc) is 3.41. The molecule has 1 unspecified atom stereocenters. The van der Waals surface area contributed by atoms with Crippen molar-refractivity contribution in [1.82, 2.24) is 19.7 Å². The highest BCUT2D eigenvalue weighted by atomic mass is 35.5. The van der Waals surface area contributed by atoms with Crippen LogP contribution in [0, 0.1) is 17.7 Å². The zero-order chi connectivity index (χ0) is 22.4. The smallest absolute Gasteiger partial charge is 0.342 e. The fourth-order valence-electron chi connectivity index (χ4n) is 4.34. The molecule has 0 spiro atoms. The Bertz CT molecular complexity index is 1250. The Morgan fingerprint density at radius 1 is 1.16 bits per heavy atom. The van der Waals surface area contributed by atoms with Gasteiger partial charge in [-0.15, -0.1) is 0 Å². The summed E-state index contributed by atoms with van der Waals surface area (Å²) in [4.78, 5) is 26.7. The fourth-order valence-corrected chi connectivity index (χ4v) is 4.86. The van der Waals surface area contributed by atoms with Crippen molar-refractivity contribution in [3.63, 3.8) is 0 Å². The normalized spacial score (nSPS) is 18.3. The van der Waals surface area contributed by atoms with Gasteiger partial charge in [-0.1, -0.05) is 35.3 Å². The van der Waals surface area contributed by atoms with Crippen LogP contribution in [-0.4, -0.2) is 38.7 Å². The molecule has 1 aromatic heterocycles. The lowest BCUT2D eigenvalue weighted by Crippen LogP contribution is -2.30. The molecular formula is C23H21Cl2FN4O2. The van der Waals surface area contributed by atoms with Crippen LogP contribution in [0.3, 0.4) is 0 Å². The lowest BCUT2D eigenvalue weighted by Gasteiger charge is -2.16. The SMILES string of the molecule is O=C(C1CC1)N1CCC(Cc2n[nH]c(=O)n2-c2ccc(-c3ccc(Cl)cc3Cl)cc2F)C1. The van der Waals surface area contributed by atoms with Gasteiger partial charge in [-0.3, -0.25) is 4.79 Å². The first-order valence-corrected chi connectivity index (χ1v) is 11.4. The second-order valence-corrected chi connectivity index (χ2v) is 9.33. The molecule has 5 rings (SSSR count). The van der Waals surface area contributed by atoms with Crippen molar-refractivity contribution in [2.75, 3.05) is 13.1 Å². The number of hydrogen-bond acceptors (Lipinski definition) is 3. The molecule has 0 bridgehead atoms. The first-order valence-electron chi connectivity index (χ1n) is 10.6. The van der Waals surface area contributed by atoms with Crippen molar-refractivity contribution < 1.29 is 9.18 Å². The number of rotatable bonds is 5. The lowest BCUT2D eigenvalue weighted by atomic mass is 10.0. The Morgan fingerprint density at radius 3 is 2.69 bits per heavy atom. The summed E-state index contributed by atoms with van der Waals surface area (Å²) in [5, 5.41) is 7.48. The Hall–Kier alpha value is -2.64. The van der Waals surface area contributed by atoms with Crippen LogP contribution < -0.4 is 5.69 Å². The van der Waals surface area contributed by atoms with Crippen molar-refractivity contribution in [2.24, 2.45) is 11.8 Å². The third-order valence-corrected chi connectivity index (χ3v) is 6.72. The van der Waals surface area contributed by atoms with Gasteiger partial charge in [0.25, 0.3) is 0 Å². The van der Waals surface area contributed by atoms with Crippen LogP contribution in [0.25, 0.3) is 16.8 Å². The predicted molar refractivity (Wildman–Crippen MR) is 121 cm³/mol. The van der Waals surface area contributed by atoms with Gasteiger partial charge in [0.15, 0.2) is 0 Å². The molecule has 1 atom stereocenters. The summed E-state index contributed by atoms with van der Waals surface area (Å²) in [5.41, 5.74) is 0.847. The summed E-state index contributed by atoms with van der Waals surface area (Å²) in [6, 6.07) is 9.62. The molecule has 6 nitrogen and oxygen atoms in total. The van der Waals surface area contributed by atoms with Crippen LogP contribution in [0.4, 0.5) is 4.39 Å². The molecule has 2 heterocycles. The number of benzene rings is 2. The number of amides is 1. The number of halogens is 3. The van der Waals surface area contributed by atoms with Gasteiger partial charge < -0.3 is 4.90 Å². The lowest BCUT2D eigenvalue weighted by molar-refractivity contribution is -0.131. The molecule has 0 radical (unpaired) electrons. The van der Waals surface area contributed by atoms with Gasteiger partial charge in [0.2, 0.25) is 5.91 Å². The minimum atomic E-state index is -0.560. The second-order valence-electron chi connectivity index (χ2n) is 8.49. The van der Waals surface area contributed by atoms with E-state index in [1.807, 2.05) is 4.90 Å². The summed E-state index contributed by atoms with van der Waals surface area (Å²) in [7, 11) is 0. The third kappa shape index (κ3) is 4.07. The number of nitrogens with one attached hydrogen (secondary N) is 1. The van der Waals surface area contributed by atoms with Crippen molar-refractivity contribution in [1.29, 1.82) is 0 Å². The predicted octanol–water partition coefficient (Wildman–Crippen LogP) is 4.47. The second kappa shape index (κ2) is 8.37. The van der Waals surface area contributed by atoms with E-state index in [0.717, 1.165) is 25.8 Å². The zero-order valence-corrected chi connectivity index (χ0v) is 18.7. The van der Waals surface area contributed by atoms with Gasteiger partial charge in [0.05, 0.1) is 5.69 Å². The van der Waals surface area contributed by atoms with Crippen LogP contribution in [0.15, 0.2) is 41.2 Å². The topological polar surface area (TPSA) is 71.0 Å². The highest BCUT2D eigenvalue weighted by molar-refractivity contribution is 6.36. The molecule has 2 aliphatic rings. The highest BCUT2D eigenvalue weighted by Gasteiger charge is 2.37. The molecule has 2 fully saturated rings. The summed E-state index contributed by atoms with van der Waals surface area (Å²) < 4.78 is 16.4. The molecule has 9 heteroatoms. The van der Waals surface area contributed by atoms with Crippen LogP contribution in [0.5, 0.6) is 0 Å². The Labute approximate surface area is 194 Å². The third-order valence-electron chi connectivity index (χ3n) is 6.17. The van der Waals surface area contributed by atoms with E-state index < -0.39 is 11.5 Å². The fraction of sp³-hybridized carbons (Fsp3) is 0.348. The van der Waals surface area contributed by atoms with Gasteiger partial charge in [0, 0.05) is 41.0 Å². The van der Waals surface area contributed by atoms with Crippen LogP contribution >= 0.6 is 23.2 Å². The zero-order valence-electron chi connectivity index (χ0n) is 17.2. The van der Waals surface area contributed by atoms with E-state index in [1.165, 1.54) is 10.6 Å². The van der Waals surface area contributed by atoms with Crippen molar-refractivity contribution in [2.45, 2.75) is 25.7 Å². The van der Waals surface area contributed by atoms with Crippen LogP contribution in [0.2, 0.25) is 10.0 Å². The molecule has 1 aliphatic heterocycles. The molecule has 166 valence electrons. The Balaban J connectivity index is 1.39. The number of nitrogens with zero attached hydrogens (tertiary/aromatic N) is 3. The first-order chi connectivity index (χ1) is 15.4. The molecule has 3 aromatic rings. The molecule has 2 aromatic carbocycles. The van der Waals surface area contributed by atoms with E-state index in [-0.39, 0.29) is 23.4 Å². The number of carbonyl (C=O) groups is 1. The molecule has 32 heavy (non-hydrogen) atoms. The monoisotopic (exact) mass is 474 g/mol. The molecule has 1 N–H and O–H groups in total. The number of hydrogen-bond donors (Lipinski definition) is 1. The van der Waals surface area contributed by atoms with Crippen molar-refractivity contribution in [3.05, 3.63) is 68.6 Å². The average molecular weight is 475 g/mol. The Morgan fingerprint density at radius 2 is 1.97 bits per heavy atom. The van der Waals surface area contributed by atoms with E-state index in [9.17, 15) is 9.59 Å². The van der Waals surface area contributed by atoms with E-state index >= 15 is 4.39 Å². The minimum Gasteiger partial charge on any atom is -0.342 e. The Kier molecular flexibility index (Phi) is 5.55. The maximum atomic E-state index is 15.1. The van der Waals surface area contributed by atoms with E-state index in [2.05, 4.69) is 10.2 Å². The number of aromatic nitrogens is 3. The maximum absolute atomic E-state index is 15.1. The molecular weight excluding hydrogens is 454 g/mol. The molecule has 1 saturated carbocycles. The number of H-pyrrole nitrogens is 1. The van der Waals surface area contributed by atoms with Crippen molar-refractivity contribution >= 4 is 29.1 Å². The molecule has 1 aliphatic carbocycles. The number of likely N-dealkylation sites (tertiary alicyclic amines) is 1. The van der Waals surface area contributed by atoms with Gasteiger partial charge in [-0.05, 0) is 55.0 Å². The van der Waals surface area contributed by atoms with E-state index in [1.54, 1.807) is 30.3 Å². The summed E-state index contributed by atoms with van der Waals surface area (Å²) in [6.07, 6.45) is 3.29. The first kappa shape index (κ1) is 21.2. The maximum Gasteiger partial charge on any atom is 0.348 e. The molecule has 1 amide bonds. The largest absolute Gasteiger partial charge is 0.348 e. The van der Waals surface area contributed by atoms with E-state index in [0.29, 0.717) is 40.0 Å². The standard InChI is InChI=1S/C23H21Cl2FN4O2/c24-16-4-5-17(18(25)11-16)15-3-6-20(19(26)10-15)30-21(27-28-23(30)32)9-13-7-8-29(12-13)22(31)14-1-2-14/h3-6,10-11,13-14H,1-2,7-9,12H2,(H,28,32). The van der Waals surface area contributed by atoms with Crippen LogP contribution in [0.1, 0.15) is 25.1 Å². The minimum absolute atomic E-state index is 0.122.